The molecule has 2 aromatic heterocycles. The van der Waals surface area contributed by atoms with E-state index in [1.165, 1.54) is 12.4 Å². The van der Waals surface area contributed by atoms with Gasteiger partial charge in [0.1, 0.15) is 23.6 Å². The molecule has 0 aliphatic rings. The molecule has 0 saturated heterocycles. The van der Waals surface area contributed by atoms with Gasteiger partial charge in [-0.25, -0.2) is 9.97 Å². The molecule has 0 unspecified atom stereocenters. The molecule has 0 saturated carbocycles. The summed E-state index contributed by atoms with van der Waals surface area (Å²) in [6, 6.07) is 21.1. The Balaban J connectivity index is 1.53. The molecular weight excluding hydrogens is 502 g/mol. The average Bonchev–Trinajstić information content (AvgIpc) is 3.33. The van der Waals surface area contributed by atoms with E-state index >= 15 is 0 Å². The van der Waals surface area contributed by atoms with Crippen LogP contribution in [0.4, 0.5) is 17.2 Å². The van der Waals surface area contributed by atoms with Crippen LogP contribution in [0.5, 0.6) is 0 Å². The molecule has 2 heterocycles. The molecule has 0 aliphatic heterocycles. The number of nitrogens with zero attached hydrogens (tertiary/aromatic N) is 3. The van der Waals surface area contributed by atoms with Crippen molar-refractivity contribution in [2.24, 2.45) is 11.1 Å². The molecule has 38 heavy (non-hydrogen) atoms. The van der Waals surface area contributed by atoms with Gasteiger partial charge in [-0.2, -0.15) is 0 Å². The molecule has 190 valence electrons. The van der Waals surface area contributed by atoms with Crippen LogP contribution < -0.4 is 10.6 Å². The number of rotatable bonds is 8. The molecule has 9 heteroatoms. The molecule has 0 spiro atoms. The maximum atomic E-state index is 12.7. The molecule has 0 radical (unpaired) electrons. The highest BCUT2D eigenvalue weighted by molar-refractivity contribution is 6.30. The summed E-state index contributed by atoms with van der Waals surface area (Å²) >= 11 is 6.17. The number of nitrogens with one attached hydrogen (secondary N) is 2. The van der Waals surface area contributed by atoms with E-state index in [0.29, 0.717) is 39.5 Å². The molecule has 0 atom stereocenters. The molecule has 1 amide bonds. The van der Waals surface area contributed by atoms with Gasteiger partial charge in [-0.1, -0.05) is 43.6 Å². The summed E-state index contributed by atoms with van der Waals surface area (Å²) in [5.74, 6) is 1.40. The van der Waals surface area contributed by atoms with E-state index in [1.54, 1.807) is 30.3 Å². The van der Waals surface area contributed by atoms with Crippen LogP contribution in [0, 0.1) is 10.8 Å². The van der Waals surface area contributed by atoms with E-state index in [1.807, 2.05) is 36.4 Å². The monoisotopic (exact) mass is 525 g/mol. The van der Waals surface area contributed by atoms with E-state index in [-0.39, 0.29) is 11.6 Å². The van der Waals surface area contributed by atoms with Gasteiger partial charge in [0.2, 0.25) is 5.71 Å². The van der Waals surface area contributed by atoms with Crippen molar-refractivity contribution in [1.82, 2.24) is 9.97 Å². The van der Waals surface area contributed by atoms with Gasteiger partial charge in [0.25, 0.3) is 5.91 Å². The number of benzene rings is 3. The summed E-state index contributed by atoms with van der Waals surface area (Å²) in [6.07, 6.45) is 1.48. The fourth-order valence-electron chi connectivity index (χ4n) is 4.08. The van der Waals surface area contributed by atoms with Crippen LogP contribution in [0.1, 0.15) is 24.2 Å². The average molecular weight is 526 g/mol. The maximum Gasteiger partial charge on any atom is 0.255 e. The number of halogens is 1. The van der Waals surface area contributed by atoms with Crippen molar-refractivity contribution >= 4 is 45.8 Å². The Labute approximate surface area is 224 Å². The summed E-state index contributed by atoms with van der Waals surface area (Å²) in [6.45, 7) is 5.00. The Morgan fingerprint density at radius 1 is 1.00 bits per heavy atom. The number of furan rings is 1. The third-order valence-corrected chi connectivity index (χ3v) is 6.17. The fraction of sp³-hybridized carbons (Fsp3) is 0.138. The van der Waals surface area contributed by atoms with Gasteiger partial charge < -0.3 is 15.1 Å². The van der Waals surface area contributed by atoms with E-state index in [0.717, 1.165) is 28.6 Å². The van der Waals surface area contributed by atoms with Crippen LogP contribution in [0.25, 0.3) is 33.6 Å². The number of hydrogen-bond acceptors (Lipinski definition) is 7. The maximum absolute atomic E-state index is 12.7. The SMILES string of the molecule is CC(C)CNc1ncnc2oc(-c3ccc(NC(=O)c4cccc(N=O)c4)cc3)c(-c3ccc(Cl)cc3)c12. The number of carbonyl (C=O) groups is 1. The molecule has 3 aromatic carbocycles. The van der Waals surface area contributed by atoms with Crippen molar-refractivity contribution in [3.63, 3.8) is 0 Å². The predicted molar refractivity (Wildman–Crippen MR) is 151 cm³/mol. The zero-order valence-electron chi connectivity index (χ0n) is 20.7. The quantitative estimate of drug-likeness (QED) is 0.199. The first-order chi connectivity index (χ1) is 18.4. The van der Waals surface area contributed by atoms with Crippen molar-refractivity contribution < 1.29 is 9.21 Å². The van der Waals surface area contributed by atoms with Crippen LogP contribution in [0.2, 0.25) is 5.02 Å². The second-order valence-electron chi connectivity index (χ2n) is 9.16. The van der Waals surface area contributed by atoms with Crippen molar-refractivity contribution in [2.45, 2.75) is 13.8 Å². The van der Waals surface area contributed by atoms with Gasteiger partial charge in [-0.15, -0.1) is 4.91 Å². The summed E-state index contributed by atoms with van der Waals surface area (Å²) < 4.78 is 6.28. The lowest BCUT2D eigenvalue weighted by atomic mass is 9.99. The molecule has 0 aliphatic carbocycles. The highest BCUT2D eigenvalue weighted by atomic mass is 35.5. The van der Waals surface area contributed by atoms with Crippen LogP contribution in [0.15, 0.2) is 88.7 Å². The van der Waals surface area contributed by atoms with E-state index in [2.05, 4.69) is 39.6 Å². The molecule has 8 nitrogen and oxygen atoms in total. The Morgan fingerprint density at radius 2 is 1.74 bits per heavy atom. The van der Waals surface area contributed by atoms with E-state index in [9.17, 15) is 9.70 Å². The van der Waals surface area contributed by atoms with Crippen molar-refractivity contribution in [3.8, 4) is 22.5 Å². The number of carbonyl (C=O) groups excluding carboxylic acids is 1. The van der Waals surface area contributed by atoms with Crippen molar-refractivity contribution in [3.05, 3.63) is 94.6 Å². The second kappa shape index (κ2) is 10.8. The zero-order chi connectivity index (χ0) is 26.6. The molecular formula is C29H24ClN5O3. The number of anilines is 2. The number of aromatic nitrogens is 2. The number of amides is 1. The minimum Gasteiger partial charge on any atom is -0.437 e. The summed E-state index contributed by atoms with van der Waals surface area (Å²) in [5.41, 5.74) is 4.14. The van der Waals surface area contributed by atoms with Gasteiger partial charge in [0, 0.05) is 33.9 Å². The standard InChI is InChI=1S/C29H24ClN5O3/c1-17(2)15-31-27-25-24(18-6-10-21(30)11-7-18)26(38-29(25)33-16-32-27)19-8-12-22(13-9-19)34-28(36)20-4-3-5-23(14-20)35-37/h3-14,16-17H,15H2,1-2H3,(H,34,36)(H,31,32,33). The Morgan fingerprint density at radius 3 is 2.45 bits per heavy atom. The summed E-state index contributed by atoms with van der Waals surface area (Å²) in [7, 11) is 0. The normalized spacial score (nSPS) is 11.1. The van der Waals surface area contributed by atoms with Gasteiger partial charge in [0.05, 0.1) is 5.39 Å². The molecule has 2 N–H and O–H groups in total. The number of fused-ring (bicyclic) bond motifs is 1. The molecule has 5 rings (SSSR count). The molecule has 5 aromatic rings. The summed E-state index contributed by atoms with van der Waals surface area (Å²) in [4.78, 5) is 32.4. The smallest absolute Gasteiger partial charge is 0.255 e. The van der Waals surface area contributed by atoms with Crippen molar-refractivity contribution in [1.29, 1.82) is 0 Å². The van der Waals surface area contributed by atoms with Gasteiger partial charge in [0.15, 0.2) is 0 Å². The lowest BCUT2D eigenvalue weighted by molar-refractivity contribution is 0.102. The van der Waals surface area contributed by atoms with Crippen LogP contribution in [-0.2, 0) is 0 Å². The number of nitroso groups, excluding NO2 is 1. The minimum absolute atomic E-state index is 0.193. The Kier molecular flexibility index (Phi) is 7.15. The third-order valence-electron chi connectivity index (χ3n) is 5.92. The fourth-order valence-corrected chi connectivity index (χ4v) is 4.20. The lowest BCUT2D eigenvalue weighted by Crippen LogP contribution is -2.11. The van der Waals surface area contributed by atoms with Crippen molar-refractivity contribution in [2.75, 3.05) is 17.2 Å². The predicted octanol–water partition coefficient (Wildman–Crippen LogP) is 7.93. The third kappa shape index (κ3) is 5.26. The van der Waals surface area contributed by atoms with E-state index in [4.69, 9.17) is 16.0 Å². The largest absolute Gasteiger partial charge is 0.437 e. The minimum atomic E-state index is -0.343. The van der Waals surface area contributed by atoms with Crippen LogP contribution in [0.3, 0.4) is 0 Å². The highest BCUT2D eigenvalue weighted by Gasteiger charge is 2.22. The van der Waals surface area contributed by atoms with Crippen LogP contribution in [-0.4, -0.2) is 22.4 Å². The first-order valence-corrected chi connectivity index (χ1v) is 12.4. The zero-order valence-corrected chi connectivity index (χ0v) is 21.5. The topological polar surface area (TPSA) is 109 Å². The lowest BCUT2D eigenvalue weighted by Gasteiger charge is -2.10. The highest BCUT2D eigenvalue weighted by Crippen LogP contribution is 2.43. The Hall–Kier alpha value is -4.56. The molecule has 0 bridgehead atoms. The second-order valence-corrected chi connectivity index (χ2v) is 9.60. The number of hydrogen-bond donors (Lipinski definition) is 2. The molecule has 0 fully saturated rings. The Bertz CT molecular complexity index is 1610. The van der Waals surface area contributed by atoms with Gasteiger partial charge >= 0.3 is 0 Å². The summed E-state index contributed by atoms with van der Waals surface area (Å²) in [5, 5.41) is 10.6. The van der Waals surface area contributed by atoms with Gasteiger partial charge in [-0.05, 0) is 71.3 Å². The van der Waals surface area contributed by atoms with Crippen LogP contribution >= 0.6 is 11.6 Å². The van der Waals surface area contributed by atoms with E-state index < -0.39 is 0 Å². The first-order valence-electron chi connectivity index (χ1n) is 12.1. The van der Waals surface area contributed by atoms with Gasteiger partial charge in [-0.3, -0.25) is 4.79 Å². The first kappa shape index (κ1) is 25.1.